The molecule has 25 heavy (non-hydrogen) atoms. The molecule has 0 aliphatic heterocycles. The van der Waals surface area contributed by atoms with Gasteiger partial charge in [0, 0.05) is 19.3 Å². The fraction of sp³-hybridized carbons (Fsp3) is 0.300. The minimum absolute atomic E-state index is 0.00657. The molecular weight excluding hydrogens is 314 g/mol. The molecule has 2 rings (SSSR count). The lowest BCUT2D eigenvalue weighted by Gasteiger charge is -2.19. The number of amides is 3. The van der Waals surface area contributed by atoms with Crippen LogP contribution in [0.25, 0.3) is 0 Å². The van der Waals surface area contributed by atoms with Gasteiger partial charge in [-0.1, -0.05) is 48.0 Å². The Morgan fingerprint density at radius 1 is 1.00 bits per heavy atom. The van der Waals surface area contributed by atoms with Crippen molar-refractivity contribution in [3.8, 4) is 0 Å². The van der Waals surface area contributed by atoms with Crippen LogP contribution in [-0.4, -0.2) is 30.4 Å². The predicted octanol–water partition coefficient (Wildman–Crippen LogP) is 3.39. The van der Waals surface area contributed by atoms with Gasteiger partial charge >= 0.3 is 6.03 Å². The van der Waals surface area contributed by atoms with E-state index in [-0.39, 0.29) is 18.5 Å². The van der Waals surface area contributed by atoms with Gasteiger partial charge in [-0.15, -0.1) is 0 Å². The Balaban J connectivity index is 1.88. The van der Waals surface area contributed by atoms with Gasteiger partial charge in [-0.25, -0.2) is 4.79 Å². The van der Waals surface area contributed by atoms with Crippen LogP contribution in [0.4, 0.5) is 10.5 Å². The van der Waals surface area contributed by atoms with E-state index in [9.17, 15) is 9.59 Å². The number of likely N-dealkylation sites (N-methyl/N-ethyl adjacent to an activating group) is 1. The molecule has 0 saturated heterocycles. The Kier molecular flexibility index (Phi) is 6.17. The van der Waals surface area contributed by atoms with E-state index in [1.807, 2.05) is 63.2 Å². The van der Waals surface area contributed by atoms with E-state index in [4.69, 9.17) is 0 Å². The first-order valence-corrected chi connectivity index (χ1v) is 8.27. The molecule has 0 aliphatic carbocycles. The summed E-state index contributed by atoms with van der Waals surface area (Å²) in [6.45, 7) is 6.38. The summed E-state index contributed by atoms with van der Waals surface area (Å²) in [6.07, 6.45) is 0. The number of anilines is 1. The monoisotopic (exact) mass is 339 g/mol. The number of hydrogen-bond donors (Lipinski definition) is 2. The van der Waals surface area contributed by atoms with Crippen LogP contribution < -0.4 is 10.6 Å². The largest absolute Gasteiger partial charge is 0.334 e. The van der Waals surface area contributed by atoms with Crippen molar-refractivity contribution < 1.29 is 9.59 Å². The number of nitrogens with one attached hydrogen (secondary N) is 2. The van der Waals surface area contributed by atoms with Gasteiger partial charge in [-0.05, 0) is 37.5 Å². The molecule has 5 nitrogen and oxygen atoms in total. The third kappa shape index (κ3) is 5.35. The summed E-state index contributed by atoms with van der Waals surface area (Å²) < 4.78 is 0. The van der Waals surface area contributed by atoms with E-state index in [1.54, 1.807) is 7.05 Å². The zero-order valence-electron chi connectivity index (χ0n) is 15.2. The van der Waals surface area contributed by atoms with Gasteiger partial charge in [0.2, 0.25) is 5.91 Å². The molecule has 2 N–H and O–H groups in total. The molecule has 0 aliphatic rings. The zero-order chi connectivity index (χ0) is 18.4. The Hall–Kier alpha value is -2.82. The predicted molar refractivity (Wildman–Crippen MR) is 101 cm³/mol. The molecule has 0 heterocycles. The molecule has 0 radical (unpaired) electrons. The second kappa shape index (κ2) is 8.33. The Morgan fingerprint density at radius 2 is 1.60 bits per heavy atom. The summed E-state index contributed by atoms with van der Waals surface area (Å²) in [5.41, 5.74) is 5.02. The first-order chi connectivity index (χ1) is 11.9. The first-order valence-electron chi connectivity index (χ1n) is 8.27. The molecule has 3 amide bonds. The molecule has 0 bridgehead atoms. The second-order valence-corrected chi connectivity index (χ2v) is 6.32. The van der Waals surface area contributed by atoms with Crippen molar-refractivity contribution in [2.75, 3.05) is 18.9 Å². The van der Waals surface area contributed by atoms with Crippen molar-refractivity contribution in [2.45, 2.75) is 27.3 Å². The summed E-state index contributed by atoms with van der Waals surface area (Å²) in [4.78, 5) is 25.7. The standard InChI is InChI=1S/C20H25N3O2/c1-14-10-15(2)19(16(3)11-14)22-18(24)13-23(4)20(25)21-12-17-8-6-5-7-9-17/h5-11H,12-13H2,1-4H3,(H,21,25)(H,22,24). The van der Waals surface area contributed by atoms with Crippen molar-refractivity contribution >= 4 is 17.6 Å². The van der Waals surface area contributed by atoms with Gasteiger partial charge < -0.3 is 15.5 Å². The third-order valence-corrected chi connectivity index (χ3v) is 3.96. The smallest absolute Gasteiger partial charge is 0.317 e. The number of rotatable bonds is 5. The van der Waals surface area contributed by atoms with Crippen LogP contribution in [0.2, 0.25) is 0 Å². The van der Waals surface area contributed by atoms with E-state index in [1.165, 1.54) is 4.90 Å². The average Bonchev–Trinajstić information content (AvgIpc) is 2.56. The van der Waals surface area contributed by atoms with Crippen LogP contribution >= 0.6 is 0 Å². The SMILES string of the molecule is Cc1cc(C)c(NC(=O)CN(C)C(=O)NCc2ccccc2)c(C)c1. The molecule has 0 spiro atoms. The minimum atomic E-state index is -0.281. The molecule has 2 aromatic rings. The van der Waals surface area contributed by atoms with E-state index in [0.717, 1.165) is 27.9 Å². The highest BCUT2D eigenvalue weighted by Crippen LogP contribution is 2.21. The van der Waals surface area contributed by atoms with Gasteiger partial charge in [-0.3, -0.25) is 4.79 Å². The van der Waals surface area contributed by atoms with Crippen LogP contribution in [-0.2, 0) is 11.3 Å². The van der Waals surface area contributed by atoms with Gasteiger partial charge in [0.1, 0.15) is 6.54 Å². The van der Waals surface area contributed by atoms with Crippen molar-refractivity contribution in [2.24, 2.45) is 0 Å². The number of carbonyl (C=O) groups is 2. The maximum absolute atomic E-state index is 12.3. The number of aryl methyl sites for hydroxylation is 3. The Bertz CT molecular complexity index is 734. The molecule has 0 aromatic heterocycles. The van der Waals surface area contributed by atoms with E-state index in [0.29, 0.717) is 6.54 Å². The molecule has 0 fully saturated rings. The van der Waals surface area contributed by atoms with E-state index >= 15 is 0 Å². The number of benzene rings is 2. The maximum Gasteiger partial charge on any atom is 0.317 e. The fourth-order valence-corrected chi connectivity index (χ4v) is 2.75. The van der Waals surface area contributed by atoms with Crippen molar-refractivity contribution in [1.29, 1.82) is 0 Å². The molecule has 5 heteroatoms. The highest BCUT2D eigenvalue weighted by molar-refractivity contribution is 5.95. The third-order valence-electron chi connectivity index (χ3n) is 3.96. The van der Waals surface area contributed by atoms with Crippen molar-refractivity contribution in [3.63, 3.8) is 0 Å². The van der Waals surface area contributed by atoms with E-state index in [2.05, 4.69) is 10.6 Å². The summed E-state index contributed by atoms with van der Waals surface area (Å²) in [6, 6.07) is 13.4. The quantitative estimate of drug-likeness (QED) is 0.877. The van der Waals surface area contributed by atoms with Gasteiger partial charge in [0.05, 0.1) is 0 Å². The van der Waals surface area contributed by atoms with Crippen LogP contribution in [0, 0.1) is 20.8 Å². The zero-order valence-corrected chi connectivity index (χ0v) is 15.2. The van der Waals surface area contributed by atoms with Crippen LogP contribution in [0.3, 0.4) is 0 Å². The molecule has 0 unspecified atom stereocenters. The maximum atomic E-state index is 12.3. The van der Waals surface area contributed by atoms with Gasteiger partial charge in [0.25, 0.3) is 0 Å². The molecular formula is C20H25N3O2. The molecule has 0 saturated carbocycles. The lowest BCUT2D eigenvalue weighted by Crippen LogP contribution is -2.41. The summed E-state index contributed by atoms with van der Waals surface area (Å²) >= 11 is 0. The molecule has 2 aromatic carbocycles. The number of hydrogen-bond acceptors (Lipinski definition) is 2. The lowest BCUT2D eigenvalue weighted by atomic mass is 10.1. The van der Waals surface area contributed by atoms with Crippen LogP contribution in [0.1, 0.15) is 22.3 Å². The average molecular weight is 339 g/mol. The Labute approximate surface area is 149 Å². The molecule has 0 atom stereocenters. The Morgan fingerprint density at radius 3 is 2.20 bits per heavy atom. The van der Waals surface area contributed by atoms with Crippen LogP contribution in [0.5, 0.6) is 0 Å². The minimum Gasteiger partial charge on any atom is -0.334 e. The highest BCUT2D eigenvalue weighted by atomic mass is 16.2. The first kappa shape index (κ1) is 18.5. The van der Waals surface area contributed by atoms with Gasteiger partial charge in [-0.2, -0.15) is 0 Å². The topological polar surface area (TPSA) is 61.4 Å². The highest BCUT2D eigenvalue weighted by Gasteiger charge is 2.14. The second-order valence-electron chi connectivity index (χ2n) is 6.32. The summed E-state index contributed by atoms with van der Waals surface area (Å²) in [5.74, 6) is -0.215. The fourth-order valence-electron chi connectivity index (χ4n) is 2.75. The summed E-state index contributed by atoms with van der Waals surface area (Å²) in [7, 11) is 1.61. The normalized spacial score (nSPS) is 10.2. The van der Waals surface area contributed by atoms with Crippen molar-refractivity contribution in [1.82, 2.24) is 10.2 Å². The van der Waals surface area contributed by atoms with Gasteiger partial charge in [0.15, 0.2) is 0 Å². The number of urea groups is 1. The molecule has 132 valence electrons. The van der Waals surface area contributed by atoms with Crippen molar-refractivity contribution in [3.05, 3.63) is 64.7 Å². The van der Waals surface area contributed by atoms with Crippen LogP contribution in [0.15, 0.2) is 42.5 Å². The number of nitrogens with zero attached hydrogens (tertiary/aromatic N) is 1. The summed E-state index contributed by atoms with van der Waals surface area (Å²) in [5, 5.41) is 5.71. The number of carbonyl (C=O) groups excluding carboxylic acids is 2. The van der Waals surface area contributed by atoms with E-state index < -0.39 is 0 Å². The lowest BCUT2D eigenvalue weighted by molar-refractivity contribution is -0.116.